The van der Waals surface area contributed by atoms with Crippen LogP contribution in [0.1, 0.15) is 36.1 Å². The molecule has 0 unspecified atom stereocenters. The largest absolute Gasteiger partial charge is 0.312 e. The average Bonchev–Trinajstić information content (AvgIpc) is 2.85. The first-order valence-corrected chi connectivity index (χ1v) is 7.56. The fourth-order valence-corrected chi connectivity index (χ4v) is 2.90. The number of rotatable bonds is 5. The van der Waals surface area contributed by atoms with Crippen molar-refractivity contribution >= 4 is 11.3 Å². The third kappa shape index (κ3) is 4.44. The molecule has 1 N–H and O–H groups in total. The van der Waals surface area contributed by atoms with Crippen molar-refractivity contribution in [3.8, 4) is 0 Å². The Morgan fingerprint density at radius 3 is 2.68 bits per heavy atom. The molecular formula is C16H22N2S. The number of pyridine rings is 1. The minimum absolute atomic E-state index is 0.263. The van der Waals surface area contributed by atoms with Gasteiger partial charge in [-0.3, -0.25) is 4.98 Å². The van der Waals surface area contributed by atoms with E-state index in [-0.39, 0.29) is 5.41 Å². The van der Waals surface area contributed by atoms with Gasteiger partial charge in [0.1, 0.15) is 0 Å². The maximum absolute atomic E-state index is 4.13. The predicted octanol–water partition coefficient (Wildman–Crippen LogP) is 3.77. The molecule has 2 rings (SSSR count). The lowest BCUT2D eigenvalue weighted by molar-refractivity contribution is 0.604. The molecule has 0 fully saturated rings. The molecule has 0 atom stereocenters. The first-order valence-electron chi connectivity index (χ1n) is 6.74. The summed E-state index contributed by atoms with van der Waals surface area (Å²) in [4.78, 5) is 6.99. The van der Waals surface area contributed by atoms with Crippen molar-refractivity contribution in [2.24, 2.45) is 0 Å². The van der Waals surface area contributed by atoms with E-state index in [1.807, 2.05) is 29.8 Å². The molecule has 2 nitrogen and oxygen atoms in total. The fraction of sp³-hybridized carbons (Fsp3) is 0.438. The lowest BCUT2D eigenvalue weighted by atomic mass is 9.95. The van der Waals surface area contributed by atoms with Crippen molar-refractivity contribution in [1.29, 1.82) is 0 Å². The molecule has 0 spiro atoms. The van der Waals surface area contributed by atoms with Crippen molar-refractivity contribution in [2.45, 2.75) is 39.2 Å². The zero-order valence-corrected chi connectivity index (χ0v) is 12.8. The van der Waals surface area contributed by atoms with Crippen LogP contribution in [0.2, 0.25) is 0 Å². The van der Waals surface area contributed by atoms with Gasteiger partial charge >= 0.3 is 0 Å². The van der Waals surface area contributed by atoms with Crippen LogP contribution in [0, 0.1) is 0 Å². The van der Waals surface area contributed by atoms with Crippen LogP contribution in [0.25, 0.3) is 0 Å². The Balaban J connectivity index is 1.76. The van der Waals surface area contributed by atoms with Crippen molar-refractivity contribution < 1.29 is 0 Å². The molecule has 0 aliphatic carbocycles. The highest BCUT2D eigenvalue weighted by molar-refractivity contribution is 7.12. The van der Waals surface area contributed by atoms with E-state index in [1.165, 1.54) is 15.3 Å². The molecule has 19 heavy (non-hydrogen) atoms. The summed E-state index contributed by atoms with van der Waals surface area (Å²) in [5.41, 5.74) is 1.55. The lowest BCUT2D eigenvalue weighted by Crippen LogP contribution is -2.16. The SMILES string of the molecule is CC(C)(C)c1ccc(CNCCc2cccnc2)s1. The minimum atomic E-state index is 0.263. The van der Waals surface area contributed by atoms with Crippen LogP contribution in [0.15, 0.2) is 36.7 Å². The predicted molar refractivity (Wildman–Crippen MR) is 82.7 cm³/mol. The molecule has 2 aromatic rings. The van der Waals surface area contributed by atoms with Crippen LogP contribution >= 0.6 is 11.3 Å². The van der Waals surface area contributed by atoms with E-state index in [0.29, 0.717) is 0 Å². The first kappa shape index (κ1) is 14.2. The Labute approximate surface area is 119 Å². The van der Waals surface area contributed by atoms with Crippen LogP contribution in [-0.2, 0) is 18.4 Å². The normalized spacial score (nSPS) is 11.7. The summed E-state index contributed by atoms with van der Waals surface area (Å²) in [5, 5.41) is 3.50. The molecule has 0 bridgehead atoms. The van der Waals surface area contributed by atoms with Crippen molar-refractivity contribution in [3.63, 3.8) is 0 Å². The van der Waals surface area contributed by atoms with Gasteiger partial charge in [0, 0.05) is 28.7 Å². The van der Waals surface area contributed by atoms with Gasteiger partial charge in [-0.05, 0) is 42.1 Å². The summed E-state index contributed by atoms with van der Waals surface area (Å²) >= 11 is 1.91. The van der Waals surface area contributed by atoms with E-state index >= 15 is 0 Å². The molecule has 0 saturated heterocycles. The molecule has 0 aromatic carbocycles. The van der Waals surface area contributed by atoms with Crippen molar-refractivity contribution in [3.05, 3.63) is 52.0 Å². The summed E-state index contributed by atoms with van der Waals surface area (Å²) in [5.74, 6) is 0. The summed E-state index contributed by atoms with van der Waals surface area (Å²) in [7, 11) is 0. The van der Waals surface area contributed by atoms with Crippen LogP contribution in [0.3, 0.4) is 0 Å². The van der Waals surface area contributed by atoms with Crippen LogP contribution in [-0.4, -0.2) is 11.5 Å². The third-order valence-corrected chi connectivity index (χ3v) is 4.52. The van der Waals surface area contributed by atoms with Crippen molar-refractivity contribution in [1.82, 2.24) is 10.3 Å². The van der Waals surface area contributed by atoms with Gasteiger partial charge in [0.05, 0.1) is 0 Å². The Hall–Kier alpha value is -1.19. The highest BCUT2D eigenvalue weighted by atomic mass is 32.1. The van der Waals surface area contributed by atoms with Crippen LogP contribution in [0.5, 0.6) is 0 Å². The average molecular weight is 274 g/mol. The summed E-state index contributed by atoms with van der Waals surface area (Å²) in [6.45, 7) is 8.74. The zero-order chi connectivity index (χ0) is 13.7. The van der Waals surface area contributed by atoms with Gasteiger partial charge in [-0.1, -0.05) is 26.8 Å². The molecule has 0 aliphatic rings. The maximum atomic E-state index is 4.13. The number of nitrogens with zero attached hydrogens (tertiary/aromatic N) is 1. The summed E-state index contributed by atoms with van der Waals surface area (Å²) in [6, 6.07) is 8.60. The van der Waals surface area contributed by atoms with E-state index < -0.39 is 0 Å². The standard InChI is InChI=1S/C16H22N2S/c1-16(2,3)15-7-6-14(19-15)12-18-10-8-13-5-4-9-17-11-13/h4-7,9,11,18H,8,10,12H2,1-3H3. The fourth-order valence-electron chi connectivity index (χ4n) is 1.87. The molecule has 2 heterocycles. The molecule has 3 heteroatoms. The highest BCUT2D eigenvalue weighted by Gasteiger charge is 2.15. The van der Waals surface area contributed by atoms with Gasteiger partial charge in [0.2, 0.25) is 0 Å². The van der Waals surface area contributed by atoms with Gasteiger partial charge < -0.3 is 5.32 Å². The third-order valence-electron chi connectivity index (χ3n) is 3.01. The van der Waals surface area contributed by atoms with Gasteiger partial charge in [0.25, 0.3) is 0 Å². The van der Waals surface area contributed by atoms with Gasteiger partial charge in [-0.25, -0.2) is 0 Å². The van der Waals surface area contributed by atoms with Crippen molar-refractivity contribution in [2.75, 3.05) is 6.54 Å². The van der Waals surface area contributed by atoms with E-state index in [1.54, 1.807) is 0 Å². The number of hydrogen-bond acceptors (Lipinski definition) is 3. The van der Waals surface area contributed by atoms with Crippen LogP contribution < -0.4 is 5.32 Å². The topological polar surface area (TPSA) is 24.9 Å². The van der Waals surface area contributed by atoms with Gasteiger partial charge in [-0.15, -0.1) is 11.3 Å². The quantitative estimate of drug-likeness (QED) is 0.839. The van der Waals surface area contributed by atoms with E-state index in [0.717, 1.165) is 19.5 Å². The summed E-state index contributed by atoms with van der Waals surface area (Å²) < 4.78 is 0. The minimum Gasteiger partial charge on any atom is -0.312 e. The molecule has 0 amide bonds. The molecular weight excluding hydrogens is 252 g/mol. The first-order chi connectivity index (χ1) is 9.05. The van der Waals surface area contributed by atoms with Gasteiger partial charge in [-0.2, -0.15) is 0 Å². The van der Waals surface area contributed by atoms with Gasteiger partial charge in [0.15, 0.2) is 0 Å². The maximum Gasteiger partial charge on any atom is 0.0300 e. The molecule has 102 valence electrons. The number of hydrogen-bond donors (Lipinski definition) is 1. The second kappa shape index (κ2) is 6.31. The number of aromatic nitrogens is 1. The second-order valence-electron chi connectivity index (χ2n) is 5.80. The Bertz CT molecular complexity index is 497. The van der Waals surface area contributed by atoms with E-state index in [2.05, 4.69) is 49.3 Å². The molecule has 0 aliphatic heterocycles. The van der Waals surface area contributed by atoms with E-state index in [9.17, 15) is 0 Å². The smallest absolute Gasteiger partial charge is 0.0300 e. The Morgan fingerprint density at radius 1 is 1.21 bits per heavy atom. The number of nitrogens with one attached hydrogen (secondary N) is 1. The Morgan fingerprint density at radius 2 is 2.05 bits per heavy atom. The van der Waals surface area contributed by atoms with E-state index in [4.69, 9.17) is 0 Å². The molecule has 0 saturated carbocycles. The monoisotopic (exact) mass is 274 g/mol. The lowest BCUT2D eigenvalue weighted by Gasteiger charge is -2.15. The zero-order valence-electron chi connectivity index (χ0n) is 11.9. The Kier molecular flexibility index (Phi) is 4.72. The molecule has 0 radical (unpaired) electrons. The van der Waals surface area contributed by atoms with Crippen LogP contribution in [0.4, 0.5) is 0 Å². The molecule has 2 aromatic heterocycles. The number of thiophene rings is 1. The summed E-state index contributed by atoms with van der Waals surface area (Å²) in [6.07, 6.45) is 4.78. The highest BCUT2D eigenvalue weighted by Crippen LogP contribution is 2.29. The second-order valence-corrected chi connectivity index (χ2v) is 6.97.